The largest absolute Gasteiger partial charge is 0.481 e. The highest BCUT2D eigenvalue weighted by Crippen LogP contribution is 1.98. The Bertz CT molecular complexity index is 465. The van der Waals surface area contributed by atoms with E-state index in [9.17, 15) is 9.59 Å². The second-order valence-electron chi connectivity index (χ2n) is 5.03. The third kappa shape index (κ3) is 17.8. The fourth-order valence-corrected chi connectivity index (χ4v) is 1.70. The first-order valence-electron chi connectivity index (χ1n) is 8.19. The van der Waals surface area contributed by atoms with Gasteiger partial charge in [0.2, 0.25) is 0 Å². The standard InChI is InChI=1S/C20H28O3/c1-2-3-4-5-6-7-8-9-10-11-12-13-14-16-19(21)17-15-18-20(22)23/h3-4,6-7,9-10,12-14,16H,2,5,8,11,15,17-18H2,1H3,(H,22,23)/b4-3+,7-6+,10-9+,13-12+,16-14+. The summed E-state index contributed by atoms with van der Waals surface area (Å²) in [5.41, 5.74) is 0. The molecule has 0 aromatic carbocycles. The Morgan fingerprint density at radius 1 is 0.783 bits per heavy atom. The molecule has 3 nitrogen and oxygen atoms in total. The van der Waals surface area contributed by atoms with Crippen molar-refractivity contribution in [1.82, 2.24) is 0 Å². The van der Waals surface area contributed by atoms with Crippen molar-refractivity contribution in [3.05, 3.63) is 60.8 Å². The third-order valence-corrected chi connectivity index (χ3v) is 2.90. The molecule has 3 heteroatoms. The molecular formula is C20H28O3. The zero-order chi connectivity index (χ0) is 17.2. The fourth-order valence-electron chi connectivity index (χ4n) is 1.70. The van der Waals surface area contributed by atoms with Gasteiger partial charge in [0, 0.05) is 12.8 Å². The minimum atomic E-state index is -0.860. The SMILES string of the molecule is CC/C=C/C/C=C/C/C=C/C/C=C/C=C/C(=O)CCCC(=O)O. The number of ketones is 1. The van der Waals surface area contributed by atoms with Crippen molar-refractivity contribution in [2.24, 2.45) is 0 Å². The van der Waals surface area contributed by atoms with E-state index in [0.717, 1.165) is 25.7 Å². The summed E-state index contributed by atoms with van der Waals surface area (Å²) in [6.45, 7) is 2.13. The van der Waals surface area contributed by atoms with Crippen molar-refractivity contribution in [2.45, 2.75) is 51.9 Å². The normalized spacial score (nSPS) is 12.6. The van der Waals surface area contributed by atoms with E-state index in [1.54, 1.807) is 6.08 Å². The average molecular weight is 316 g/mol. The molecule has 0 aromatic heterocycles. The van der Waals surface area contributed by atoms with Crippen LogP contribution in [0.5, 0.6) is 0 Å². The van der Waals surface area contributed by atoms with E-state index in [1.165, 1.54) is 6.08 Å². The van der Waals surface area contributed by atoms with Crippen LogP contribution in [0.4, 0.5) is 0 Å². The van der Waals surface area contributed by atoms with Crippen LogP contribution in [-0.4, -0.2) is 16.9 Å². The van der Waals surface area contributed by atoms with Gasteiger partial charge in [-0.3, -0.25) is 9.59 Å². The molecule has 0 rings (SSSR count). The first-order valence-corrected chi connectivity index (χ1v) is 8.19. The van der Waals surface area contributed by atoms with E-state index in [2.05, 4.69) is 43.4 Å². The highest BCUT2D eigenvalue weighted by molar-refractivity contribution is 5.90. The zero-order valence-corrected chi connectivity index (χ0v) is 14.0. The van der Waals surface area contributed by atoms with E-state index in [0.29, 0.717) is 6.42 Å². The van der Waals surface area contributed by atoms with Gasteiger partial charge in [-0.2, -0.15) is 0 Å². The topological polar surface area (TPSA) is 54.4 Å². The fraction of sp³-hybridized carbons (Fsp3) is 0.400. The lowest BCUT2D eigenvalue weighted by molar-refractivity contribution is -0.137. The summed E-state index contributed by atoms with van der Waals surface area (Å²) in [6, 6.07) is 0. The third-order valence-electron chi connectivity index (χ3n) is 2.90. The Balaban J connectivity index is 3.67. The van der Waals surface area contributed by atoms with Gasteiger partial charge in [0.25, 0.3) is 0 Å². The average Bonchev–Trinajstić information content (AvgIpc) is 2.51. The smallest absolute Gasteiger partial charge is 0.303 e. The number of carbonyl (C=O) groups is 2. The molecule has 0 aliphatic rings. The summed E-state index contributed by atoms with van der Waals surface area (Å²) in [7, 11) is 0. The van der Waals surface area contributed by atoms with Crippen molar-refractivity contribution in [3.8, 4) is 0 Å². The Hall–Kier alpha value is -2.16. The van der Waals surface area contributed by atoms with E-state index in [1.807, 2.05) is 12.2 Å². The van der Waals surface area contributed by atoms with Crippen molar-refractivity contribution in [1.29, 1.82) is 0 Å². The molecule has 0 unspecified atom stereocenters. The molecule has 126 valence electrons. The lowest BCUT2D eigenvalue weighted by Gasteiger charge is -1.92. The first-order chi connectivity index (χ1) is 11.2. The molecule has 0 atom stereocenters. The summed E-state index contributed by atoms with van der Waals surface area (Å²) < 4.78 is 0. The molecule has 0 aromatic rings. The maximum Gasteiger partial charge on any atom is 0.303 e. The van der Waals surface area contributed by atoms with E-state index >= 15 is 0 Å². The van der Waals surface area contributed by atoms with Crippen molar-refractivity contribution >= 4 is 11.8 Å². The molecule has 0 aliphatic heterocycles. The molecule has 0 aliphatic carbocycles. The molecule has 0 radical (unpaired) electrons. The lowest BCUT2D eigenvalue weighted by Crippen LogP contribution is -1.97. The number of hydrogen-bond acceptors (Lipinski definition) is 2. The summed E-state index contributed by atoms with van der Waals surface area (Å²) in [5.74, 6) is -0.894. The number of rotatable bonds is 13. The van der Waals surface area contributed by atoms with Crippen LogP contribution in [0.15, 0.2) is 60.8 Å². The Morgan fingerprint density at radius 2 is 1.35 bits per heavy atom. The molecular weight excluding hydrogens is 288 g/mol. The molecule has 0 bridgehead atoms. The van der Waals surface area contributed by atoms with Gasteiger partial charge in [0.15, 0.2) is 5.78 Å². The van der Waals surface area contributed by atoms with Gasteiger partial charge >= 0.3 is 5.97 Å². The Morgan fingerprint density at radius 3 is 1.91 bits per heavy atom. The summed E-state index contributed by atoms with van der Waals surface area (Å²) in [6.07, 6.45) is 24.4. The number of carbonyl (C=O) groups excluding carboxylic acids is 1. The van der Waals surface area contributed by atoms with Gasteiger partial charge in [0.1, 0.15) is 0 Å². The Labute approximate surface area is 139 Å². The maximum absolute atomic E-state index is 11.4. The van der Waals surface area contributed by atoms with Gasteiger partial charge in [-0.05, 0) is 38.2 Å². The van der Waals surface area contributed by atoms with Crippen LogP contribution in [0.2, 0.25) is 0 Å². The quantitative estimate of drug-likeness (QED) is 0.290. The van der Waals surface area contributed by atoms with Gasteiger partial charge in [0.05, 0.1) is 0 Å². The molecule has 0 heterocycles. The van der Waals surface area contributed by atoms with Gasteiger partial charge in [-0.25, -0.2) is 0 Å². The van der Waals surface area contributed by atoms with Crippen molar-refractivity contribution in [2.75, 3.05) is 0 Å². The highest BCUT2D eigenvalue weighted by Gasteiger charge is 1.99. The molecule has 0 amide bonds. The second kappa shape index (κ2) is 16.2. The van der Waals surface area contributed by atoms with Crippen LogP contribution < -0.4 is 0 Å². The van der Waals surface area contributed by atoms with Crippen molar-refractivity contribution < 1.29 is 14.7 Å². The minimum Gasteiger partial charge on any atom is -0.481 e. The highest BCUT2D eigenvalue weighted by atomic mass is 16.4. The summed E-state index contributed by atoms with van der Waals surface area (Å²) in [4.78, 5) is 21.7. The molecule has 0 spiro atoms. The van der Waals surface area contributed by atoms with Gasteiger partial charge in [-0.15, -0.1) is 0 Å². The number of aliphatic carboxylic acids is 1. The molecule has 0 fully saturated rings. The van der Waals surface area contributed by atoms with Gasteiger partial charge < -0.3 is 5.11 Å². The summed E-state index contributed by atoms with van der Waals surface area (Å²) >= 11 is 0. The monoisotopic (exact) mass is 316 g/mol. The molecule has 23 heavy (non-hydrogen) atoms. The van der Waals surface area contributed by atoms with E-state index < -0.39 is 5.97 Å². The van der Waals surface area contributed by atoms with Crippen LogP contribution in [0.25, 0.3) is 0 Å². The number of allylic oxidation sites excluding steroid dienone is 10. The summed E-state index contributed by atoms with van der Waals surface area (Å²) in [5, 5.41) is 8.47. The molecule has 0 saturated heterocycles. The van der Waals surface area contributed by atoms with E-state index in [-0.39, 0.29) is 18.6 Å². The Kier molecular flexibility index (Phi) is 14.7. The van der Waals surface area contributed by atoms with Gasteiger partial charge in [-0.1, -0.05) is 61.6 Å². The van der Waals surface area contributed by atoms with Crippen LogP contribution in [0.1, 0.15) is 51.9 Å². The molecule has 1 N–H and O–H groups in total. The van der Waals surface area contributed by atoms with Crippen LogP contribution in [0, 0.1) is 0 Å². The van der Waals surface area contributed by atoms with Crippen LogP contribution >= 0.6 is 0 Å². The second-order valence-corrected chi connectivity index (χ2v) is 5.03. The van der Waals surface area contributed by atoms with Crippen LogP contribution in [0.3, 0.4) is 0 Å². The maximum atomic E-state index is 11.4. The van der Waals surface area contributed by atoms with E-state index in [4.69, 9.17) is 5.11 Å². The lowest BCUT2D eigenvalue weighted by atomic mass is 10.1. The minimum absolute atomic E-state index is 0.0336. The number of carboxylic acid groups (broad SMARTS) is 1. The van der Waals surface area contributed by atoms with Crippen molar-refractivity contribution in [3.63, 3.8) is 0 Å². The number of hydrogen-bond donors (Lipinski definition) is 1. The predicted molar refractivity (Wildman–Crippen MR) is 96.3 cm³/mol. The first kappa shape index (κ1) is 20.8. The predicted octanol–water partition coefficient (Wildman–Crippen LogP) is 5.17. The molecule has 0 saturated carbocycles. The van der Waals surface area contributed by atoms with Crippen LogP contribution in [-0.2, 0) is 9.59 Å². The zero-order valence-electron chi connectivity index (χ0n) is 14.0. The number of carboxylic acids is 1.